The van der Waals surface area contributed by atoms with Gasteiger partial charge in [0.1, 0.15) is 11.5 Å². The lowest BCUT2D eigenvalue weighted by Crippen LogP contribution is -2.45. The molecule has 2 aromatic rings. The number of aromatic amines is 1. The highest BCUT2D eigenvalue weighted by atomic mass is 79.9. The molecule has 144 valence electrons. The quantitative estimate of drug-likeness (QED) is 0.672. The van der Waals surface area contributed by atoms with Crippen molar-refractivity contribution in [2.45, 2.75) is 25.7 Å². The summed E-state index contributed by atoms with van der Waals surface area (Å²) in [7, 11) is 0. The van der Waals surface area contributed by atoms with Gasteiger partial charge in [-0.05, 0) is 22.9 Å². The predicted molar refractivity (Wildman–Crippen MR) is 87.2 cm³/mol. The van der Waals surface area contributed by atoms with Crippen LogP contribution in [0.15, 0.2) is 21.4 Å². The molecule has 0 saturated carbocycles. The van der Waals surface area contributed by atoms with E-state index in [1.807, 2.05) is 19.3 Å². The number of H-pyrrole nitrogens is 1. The van der Waals surface area contributed by atoms with Crippen LogP contribution in [0.5, 0.6) is 0 Å². The number of carbonyl (C=O) groups is 1. The number of hydrogen-bond donors (Lipinski definition) is 3. The molecule has 1 fully saturated rings. The number of rotatable bonds is 3. The van der Waals surface area contributed by atoms with Crippen LogP contribution in [0, 0.1) is 6.92 Å². The molecule has 3 N–H and O–H groups in total. The molecular weight excluding hydrogens is 423 g/mol. The Morgan fingerprint density at radius 2 is 2.23 bits per heavy atom. The van der Waals surface area contributed by atoms with Gasteiger partial charge >= 0.3 is 12.1 Å². The molecule has 1 aliphatic rings. The SMILES string of the molecule is Cc1onc(CN2CCNCC2c2cn[nH]c2)c1Br.O=C(O)C(F)(F)F. The van der Waals surface area contributed by atoms with Gasteiger partial charge in [-0.2, -0.15) is 18.3 Å². The number of carboxylic acids is 1. The van der Waals surface area contributed by atoms with Crippen molar-refractivity contribution < 1.29 is 27.6 Å². The van der Waals surface area contributed by atoms with E-state index in [4.69, 9.17) is 14.4 Å². The molecule has 26 heavy (non-hydrogen) atoms. The normalized spacial score (nSPS) is 18.3. The van der Waals surface area contributed by atoms with E-state index in [9.17, 15) is 13.2 Å². The lowest BCUT2D eigenvalue weighted by atomic mass is 10.1. The van der Waals surface area contributed by atoms with E-state index in [0.717, 1.165) is 42.1 Å². The van der Waals surface area contributed by atoms with Crippen LogP contribution in [0.2, 0.25) is 0 Å². The lowest BCUT2D eigenvalue weighted by molar-refractivity contribution is -0.192. The molecule has 1 aliphatic heterocycles. The molecule has 12 heteroatoms. The third kappa shape index (κ3) is 5.29. The van der Waals surface area contributed by atoms with Crippen molar-refractivity contribution in [3.05, 3.63) is 33.9 Å². The van der Waals surface area contributed by atoms with Gasteiger partial charge in [0.05, 0.1) is 16.7 Å². The zero-order chi connectivity index (χ0) is 19.3. The number of carboxylic acid groups (broad SMARTS) is 1. The largest absolute Gasteiger partial charge is 0.490 e. The highest BCUT2D eigenvalue weighted by molar-refractivity contribution is 9.10. The standard InChI is InChI=1S/C12H16BrN5O.C2HF3O2/c1-8-12(13)10(17-19-8)7-18-3-2-14-6-11(18)9-4-15-16-5-9;3-2(4,5)1(6)7/h4-5,11,14H,2-3,6-7H2,1H3,(H,15,16);(H,6,7). The van der Waals surface area contributed by atoms with Crippen LogP contribution in [0.4, 0.5) is 13.2 Å². The maximum atomic E-state index is 10.6. The zero-order valence-electron chi connectivity index (χ0n) is 13.7. The number of piperazine rings is 1. The molecular formula is C14H17BrF3N5O3. The minimum Gasteiger partial charge on any atom is -0.475 e. The molecule has 2 aromatic heterocycles. The Balaban J connectivity index is 0.000000298. The van der Waals surface area contributed by atoms with Gasteiger partial charge in [0.15, 0.2) is 0 Å². The van der Waals surface area contributed by atoms with Crippen molar-refractivity contribution in [1.29, 1.82) is 0 Å². The van der Waals surface area contributed by atoms with E-state index in [1.54, 1.807) is 0 Å². The second-order valence-corrected chi connectivity index (χ2v) is 6.32. The minimum absolute atomic E-state index is 0.316. The molecule has 0 amide bonds. The molecule has 1 atom stereocenters. The summed E-state index contributed by atoms with van der Waals surface area (Å²) in [5, 5.41) is 21.6. The lowest BCUT2D eigenvalue weighted by Gasteiger charge is -2.35. The van der Waals surface area contributed by atoms with Crippen LogP contribution in [0.3, 0.4) is 0 Å². The first-order valence-electron chi connectivity index (χ1n) is 7.54. The first-order chi connectivity index (χ1) is 12.2. The highest BCUT2D eigenvalue weighted by Gasteiger charge is 2.38. The van der Waals surface area contributed by atoms with E-state index in [1.165, 1.54) is 5.56 Å². The molecule has 1 saturated heterocycles. The zero-order valence-corrected chi connectivity index (χ0v) is 15.3. The maximum Gasteiger partial charge on any atom is 0.490 e. The second-order valence-electron chi connectivity index (χ2n) is 5.52. The van der Waals surface area contributed by atoms with Gasteiger partial charge in [0.25, 0.3) is 0 Å². The van der Waals surface area contributed by atoms with Crippen LogP contribution in [0.25, 0.3) is 0 Å². The van der Waals surface area contributed by atoms with Crippen LogP contribution in [0.1, 0.15) is 23.1 Å². The van der Waals surface area contributed by atoms with Crippen LogP contribution in [-0.2, 0) is 11.3 Å². The Hall–Kier alpha value is -1.92. The number of halogens is 4. The Morgan fingerprint density at radius 3 is 2.73 bits per heavy atom. The summed E-state index contributed by atoms with van der Waals surface area (Å²) in [5.74, 6) is -1.93. The second kappa shape index (κ2) is 8.64. The fourth-order valence-electron chi connectivity index (χ4n) is 2.40. The fraction of sp³-hybridized carbons (Fsp3) is 0.500. The van der Waals surface area contributed by atoms with Gasteiger partial charge in [0.2, 0.25) is 0 Å². The van der Waals surface area contributed by atoms with Crippen molar-refractivity contribution in [1.82, 2.24) is 25.6 Å². The third-order valence-electron chi connectivity index (χ3n) is 3.71. The summed E-state index contributed by atoms with van der Waals surface area (Å²) >= 11 is 3.53. The van der Waals surface area contributed by atoms with E-state index in [0.29, 0.717) is 6.04 Å². The average Bonchev–Trinajstić information content (AvgIpc) is 3.21. The summed E-state index contributed by atoms with van der Waals surface area (Å²) in [4.78, 5) is 11.3. The maximum absolute atomic E-state index is 10.6. The molecule has 8 nitrogen and oxygen atoms in total. The molecule has 0 spiro atoms. The van der Waals surface area contributed by atoms with Gasteiger partial charge in [-0.25, -0.2) is 4.79 Å². The summed E-state index contributed by atoms with van der Waals surface area (Å²) in [6.45, 7) is 5.58. The predicted octanol–water partition coefficient (Wildman–Crippen LogP) is 2.25. The van der Waals surface area contributed by atoms with Crippen molar-refractivity contribution in [3.63, 3.8) is 0 Å². The van der Waals surface area contributed by atoms with Crippen molar-refractivity contribution in [2.75, 3.05) is 19.6 Å². The molecule has 3 heterocycles. The molecule has 0 radical (unpaired) electrons. The van der Waals surface area contributed by atoms with Crippen molar-refractivity contribution in [2.24, 2.45) is 0 Å². The molecule has 0 aliphatic carbocycles. The first kappa shape index (κ1) is 20.4. The van der Waals surface area contributed by atoms with Gasteiger partial charge in [-0.3, -0.25) is 10.00 Å². The Kier molecular flexibility index (Phi) is 6.78. The number of hydrogen-bond acceptors (Lipinski definition) is 6. The van der Waals surface area contributed by atoms with E-state index in [-0.39, 0.29) is 0 Å². The molecule has 0 aromatic carbocycles. The summed E-state index contributed by atoms with van der Waals surface area (Å²) < 4.78 is 37.9. The molecule has 0 bridgehead atoms. The summed E-state index contributed by atoms with van der Waals surface area (Å²) in [6.07, 6.45) is -1.25. The van der Waals surface area contributed by atoms with Gasteiger partial charge in [-0.15, -0.1) is 0 Å². The number of alkyl halides is 3. The van der Waals surface area contributed by atoms with Crippen LogP contribution < -0.4 is 5.32 Å². The van der Waals surface area contributed by atoms with E-state index < -0.39 is 12.1 Å². The minimum atomic E-state index is -5.08. The highest BCUT2D eigenvalue weighted by Crippen LogP contribution is 2.27. The molecule has 1 unspecified atom stereocenters. The third-order valence-corrected chi connectivity index (χ3v) is 4.73. The van der Waals surface area contributed by atoms with Crippen LogP contribution >= 0.6 is 15.9 Å². The van der Waals surface area contributed by atoms with Gasteiger partial charge < -0.3 is 14.9 Å². The van der Waals surface area contributed by atoms with Gasteiger partial charge in [-0.1, -0.05) is 5.16 Å². The smallest absolute Gasteiger partial charge is 0.475 e. The van der Waals surface area contributed by atoms with Crippen LogP contribution in [-0.4, -0.2) is 57.1 Å². The van der Waals surface area contributed by atoms with E-state index in [2.05, 4.69) is 41.5 Å². The van der Waals surface area contributed by atoms with Crippen molar-refractivity contribution in [3.8, 4) is 0 Å². The number of nitrogens with zero attached hydrogens (tertiary/aromatic N) is 3. The van der Waals surface area contributed by atoms with Crippen molar-refractivity contribution >= 4 is 21.9 Å². The first-order valence-corrected chi connectivity index (χ1v) is 8.33. The monoisotopic (exact) mass is 439 g/mol. The number of aromatic nitrogens is 3. The summed E-state index contributed by atoms with van der Waals surface area (Å²) in [6, 6.07) is 0.316. The topological polar surface area (TPSA) is 107 Å². The Labute approximate surface area is 154 Å². The number of aliphatic carboxylic acids is 1. The fourth-order valence-corrected chi connectivity index (χ4v) is 2.68. The van der Waals surface area contributed by atoms with E-state index >= 15 is 0 Å². The Bertz CT molecular complexity index is 720. The van der Waals surface area contributed by atoms with Gasteiger partial charge in [0, 0.05) is 37.9 Å². The Morgan fingerprint density at radius 1 is 1.54 bits per heavy atom. The number of aryl methyl sites for hydroxylation is 1. The summed E-state index contributed by atoms with van der Waals surface area (Å²) in [5.41, 5.74) is 2.15. The average molecular weight is 440 g/mol. The molecule has 3 rings (SSSR count). The number of nitrogens with one attached hydrogen (secondary N) is 2.